The van der Waals surface area contributed by atoms with Gasteiger partial charge in [0.05, 0.1) is 11.6 Å². The van der Waals surface area contributed by atoms with Crippen molar-refractivity contribution in [2.24, 2.45) is 0 Å². The number of rotatable bonds is 4. The maximum absolute atomic E-state index is 12.8. The molecule has 0 bridgehead atoms. The van der Waals surface area contributed by atoms with Gasteiger partial charge in [-0.05, 0) is 36.6 Å². The minimum absolute atomic E-state index is 0.0214. The highest BCUT2D eigenvalue weighted by molar-refractivity contribution is 7.10. The Balaban J connectivity index is 2.33. The van der Waals surface area contributed by atoms with Gasteiger partial charge in [0.25, 0.3) is 5.91 Å². The van der Waals surface area contributed by atoms with E-state index in [0.717, 1.165) is 5.69 Å². The molecule has 2 rings (SSSR count). The Morgan fingerprint density at radius 3 is 2.52 bits per heavy atom. The van der Waals surface area contributed by atoms with Crippen LogP contribution in [0, 0.1) is 0 Å². The lowest BCUT2D eigenvalue weighted by atomic mass is 10.1. The molecule has 1 atom stereocenters. The summed E-state index contributed by atoms with van der Waals surface area (Å²) in [6.45, 7) is 2.03. The minimum atomic E-state index is -0.0214. The molecule has 1 amide bonds. The monoisotopic (exact) mass is 303 g/mol. The second-order valence-electron chi connectivity index (χ2n) is 5.28. The summed E-state index contributed by atoms with van der Waals surface area (Å²) in [5.41, 5.74) is 7.95. The zero-order valence-corrected chi connectivity index (χ0v) is 13.6. The van der Waals surface area contributed by atoms with Crippen molar-refractivity contribution in [3.8, 4) is 0 Å². The Morgan fingerprint density at radius 2 is 1.95 bits per heavy atom. The summed E-state index contributed by atoms with van der Waals surface area (Å²) in [5.74, 6) is -0.0214. The third-order valence-electron chi connectivity index (χ3n) is 3.59. The Morgan fingerprint density at radius 1 is 1.24 bits per heavy atom. The van der Waals surface area contributed by atoms with Gasteiger partial charge < -0.3 is 15.5 Å². The summed E-state index contributed by atoms with van der Waals surface area (Å²) in [6, 6.07) is 9.52. The van der Waals surface area contributed by atoms with E-state index >= 15 is 0 Å². The number of nitrogens with zero attached hydrogens (tertiary/aromatic N) is 2. The van der Waals surface area contributed by atoms with Crippen LogP contribution in [0.1, 0.15) is 28.2 Å². The van der Waals surface area contributed by atoms with Gasteiger partial charge in [-0.2, -0.15) is 0 Å². The fourth-order valence-electron chi connectivity index (χ4n) is 2.20. The molecule has 2 N–H and O–H groups in total. The molecular weight excluding hydrogens is 282 g/mol. The maximum atomic E-state index is 12.8. The number of thiophene rings is 1. The van der Waals surface area contributed by atoms with Crippen molar-refractivity contribution in [2.45, 2.75) is 13.0 Å². The highest BCUT2D eigenvalue weighted by atomic mass is 32.1. The van der Waals surface area contributed by atoms with E-state index in [0.29, 0.717) is 11.3 Å². The predicted octanol–water partition coefficient (Wildman–Crippen LogP) is 3.23. The van der Waals surface area contributed by atoms with E-state index in [1.165, 1.54) is 4.88 Å². The SMILES string of the molecule is CC(c1cccs1)N(C)C(=O)c1cc(N)ccc1N(C)C. The number of nitrogen functional groups attached to an aromatic ring is 1. The van der Waals surface area contributed by atoms with Crippen molar-refractivity contribution in [2.75, 3.05) is 31.8 Å². The molecule has 112 valence electrons. The lowest BCUT2D eigenvalue weighted by molar-refractivity contribution is 0.0745. The predicted molar refractivity (Wildman–Crippen MR) is 90.0 cm³/mol. The Hall–Kier alpha value is -2.01. The fourth-order valence-corrected chi connectivity index (χ4v) is 3.03. The van der Waals surface area contributed by atoms with Crippen LogP contribution >= 0.6 is 11.3 Å². The third-order valence-corrected chi connectivity index (χ3v) is 4.63. The van der Waals surface area contributed by atoms with Gasteiger partial charge in [0.1, 0.15) is 0 Å². The first kappa shape index (κ1) is 15.4. The Labute approximate surface area is 129 Å². The molecule has 0 radical (unpaired) electrons. The number of hydrogen-bond acceptors (Lipinski definition) is 4. The molecular formula is C16H21N3OS. The lowest BCUT2D eigenvalue weighted by Crippen LogP contribution is -2.30. The molecule has 0 aliphatic carbocycles. The summed E-state index contributed by atoms with van der Waals surface area (Å²) < 4.78 is 0. The van der Waals surface area contributed by atoms with E-state index in [1.54, 1.807) is 22.3 Å². The Bertz CT molecular complexity index is 622. The van der Waals surface area contributed by atoms with Gasteiger partial charge in [-0.15, -0.1) is 11.3 Å². The Kier molecular flexibility index (Phi) is 4.53. The second-order valence-corrected chi connectivity index (χ2v) is 6.26. The summed E-state index contributed by atoms with van der Waals surface area (Å²) in [4.78, 5) is 17.7. The van der Waals surface area contributed by atoms with Crippen LogP contribution in [0.25, 0.3) is 0 Å². The van der Waals surface area contributed by atoms with Gasteiger partial charge in [0.2, 0.25) is 0 Å². The molecule has 1 unspecified atom stereocenters. The zero-order chi connectivity index (χ0) is 15.6. The molecule has 1 heterocycles. The number of amides is 1. The first-order chi connectivity index (χ1) is 9.91. The van der Waals surface area contributed by atoms with Crippen molar-refractivity contribution in [1.82, 2.24) is 4.90 Å². The molecule has 21 heavy (non-hydrogen) atoms. The molecule has 0 aliphatic rings. The highest BCUT2D eigenvalue weighted by Crippen LogP contribution is 2.28. The van der Waals surface area contributed by atoms with Crippen LogP contribution < -0.4 is 10.6 Å². The van der Waals surface area contributed by atoms with Gasteiger partial charge in [-0.25, -0.2) is 0 Å². The molecule has 1 aromatic heterocycles. The van der Waals surface area contributed by atoms with Crippen molar-refractivity contribution in [3.05, 3.63) is 46.2 Å². The quantitative estimate of drug-likeness (QED) is 0.882. The minimum Gasteiger partial charge on any atom is -0.399 e. The smallest absolute Gasteiger partial charge is 0.256 e. The number of carbonyl (C=O) groups excluding carboxylic acids is 1. The van der Waals surface area contributed by atoms with Crippen molar-refractivity contribution in [1.29, 1.82) is 0 Å². The number of anilines is 2. The standard InChI is InChI=1S/C16H21N3OS/c1-11(15-6-5-9-21-15)19(4)16(20)13-10-12(17)7-8-14(13)18(2)3/h5-11H,17H2,1-4H3. The van der Waals surface area contributed by atoms with Gasteiger partial charge in [-0.3, -0.25) is 4.79 Å². The van der Waals surface area contributed by atoms with Gasteiger partial charge >= 0.3 is 0 Å². The summed E-state index contributed by atoms with van der Waals surface area (Å²) in [5, 5.41) is 2.02. The molecule has 0 aliphatic heterocycles. The largest absolute Gasteiger partial charge is 0.399 e. The van der Waals surface area contributed by atoms with Crippen LogP contribution in [0.2, 0.25) is 0 Å². The lowest BCUT2D eigenvalue weighted by Gasteiger charge is -2.26. The summed E-state index contributed by atoms with van der Waals surface area (Å²) in [7, 11) is 5.67. The van der Waals surface area contributed by atoms with Crippen LogP contribution in [0.5, 0.6) is 0 Å². The van der Waals surface area contributed by atoms with E-state index in [1.807, 2.05) is 62.6 Å². The van der Waals surface area contributed by atoms with E-state index in [4.69, 9.17) is 5.73 Å². The zero-order valence-electron chi connectivity index (χ0n) is 12.8. The maximum Gasteiger partial charge on any atom is 0.256 e. The first-order valence-corrected chi connectivity index (χ1v) is 7.67. The molecule has 2 aromatic rings. The van der Waals surface area contributed by atoms with Gasteiger partial charge in [0.15, 0.2) is 0 Å². The molecule has 0 fully saturated rings. The van der Waals surface area contributed by atoms with Crippen molar-refractivity contribution in [3.63, 3.8) is 0 Å². The number of hydrogen-bond donors (Lipinski definition) is 1. The first-order valence-electron chi connectivity index (χ1n) is 6.79. The fraction of sp³-hybridized carbons (Fsp3) is 0.312. The third kappa shape index (κ3) is 3.19. The van der Waals surface area contributed by atoms with Gasteiger partial charge in [-0.1, -0.05) is 6.07 Å². The molecule has 0 saturated carbocycles. The van der Waals surface area contributed by atoms with E-state index < -0.39 is 0 Å². The summed E-state index contributed by atoms with van der Waals surface area (Å²) in [6.07, 6.45) is 0. The van der Waals surface area contributed by atoms with Crippen LogP contribution in [0.4, 0.5) is 11.4 Å². The molecule has 0 saturated heterocycles. The number of carbonyl (C=O) groups is 1. The van der Waals surface area contributed by atoms with Crippen LogP contribution in [-0.4, -0.2) is 32.0 Å². The molecule has 4 nitrogen and oxygen atoms in total. The average Bonchev–Trinajstić information content (AvgIpc) is 2.98. The summed E-state index contributed by atoms with van der Waals surface area (Å²) >= 11 is 1.66. The van der Waals surface area contributed by atoms with E-state index in [9.17, 15) is 4.79 Å². The number of benzene rings is 1. The average molecular weight is 303 g/mol. The molecule has 5 heteroatoms. The van der Waals surface area contributed by atoms with Crippen LogP contribution in [0.3, 0.4) is 0 Å². The molecule has 1 aromatic carbocycles. The van der Waals surface area contributed by atoms with Crippen molar-refractivity contribution < 1.29 is 4.79 Å². The van der Waals surface area contributed by atoms with E-state index in [-0.39, 0.29) is 11.9 Å². The van der Waals surface area contributed by atoms with Crippen LogP contribution in [-0.2, 0) is 0 Å². The highest BCUT2D eigenvalue weighted by Gasteiger charge is 2.22. The number of nitrogens with two attached hydrogens (primary N) is 1. The molecule has 0 spiro atoms. The topological polar surface area (TPSA) is 49.6 Å². The van der Waals surface area contributed by atoms with Gasteiger partial charge in [0, 0.05) is 37.4 Å². The normalized spacial score (nSPS) is 12.0. The second kappa shape index (κ2) is 6.18. The van der Waals surface area contributed by atoms with Crippen molar-refractivity contribution >= 4 is 28.6 Å². The van der Waals surface area contributed by atoms with Crippen LogP contribution in [0.15, 0.2) is 35.7 Å². The van der Waals surface area contributed by atoms with E-state index in [2.05, 4.69) is 0 Å².